The van der Waals surface area contributed by atoms with E-state index in [2.05, 4.69) is 5.73 Å². The van der Waals surface area contributed by atoms with E-state index in [4.69, 9.17) is 0 Å². The number of rotatable bonds is 2. The molecule has 0 aliphatic heterocycles. The van der Waals surface area contributed by atoms with Crippen molar-refractivity contribution in [1.29, 1.82) is 0 Å². The maximum absolute atomic E-state index is 12.0. The molecule has 0 aliphatic carbocycles. The Morgan fingerprint density at radius 1 is 0.923 bits per heavy atom. The molecule has 2 atom stereocenters. The van der Waals surface area contributed by atoms with Crippen LogP contribution in [0.1, 0.15) is 6.42 Å². The Kier molecular flexibility index (Phi) is 3.54. The van der Waals surface area contributed by atoms with E-state index in [-0.39, 0.29) is 0 Å². The Morgan fingerprint density at radius 3 is 1.54 bits per heavy atom. The number of alkyl halides is 7. The summed E-state index contributed by atoms with van der Waals surface area (Å²) in [5.74, 6) is 0. The van der Waals surface area contributed by atoms with E-state index < -0.39 is 31.0 Å². The third-order valence-corrected chi connectivity index (χ3v) is 1.24. The van der Waals surface area contributed by atoms with Gasteiger partial charge in [-0.3, -0.25) is 0 Å². The number of hydrogen-bond acceptors (Lipinski definition) is 1. The maximum Gasteiger partial charge on any atom is 0.419 e. The van der Waals surface area contributed by atoms with Crippen LogP contribution in [-0.4, -0.2) is 24.6 Å². The van der Waals surface area contributed by atoms with Gasteiger partial charge in [-0.2, -0.15) is 26.3 Å². The minimum absolute atomic E-state index is 1.80. The molecule has 0 radical (unpaired) electrons. The van der Waals surface area contributed by atoms with Crippen molar-refractivity contribution in [3.63, 3.8) is 0 Å². The molecule has 2 unspecified atom stereocenters. The summed E-state index contributed by atoms with van der Waals surface area (Å²) in [6, 6.07) is -2.79. The van der Waals surface area contributed by atoms with Crippen molar-refractivity contribution < 1.29 is 30.7 Å². The summed E-state index contributed by atoms with van der Waals surface area (Å²) in [5, 5.41) is 0. The molecule has 0 aromatic heterocycles. The normalized spacial score (nSPS) is 18.5. The second-order valence-electron chi connectivity index (χ2n) is 2.39. The summed E-state index contributed by atoms with van der Waals surface area (Å²) in [5.41, 5.74) is 4.28. The summed E-state index contributed by atoms with van der Waals surface area (Å²) < 4.78 is 80.8. The fourth-order valence-electron chi connectivity index (χ4n) is 0.490. The van der Waals surface area contributed by atoms with E-state index in [0.717, 1.165) is 0 Å². The number of hydrogen-bond donors (Lipinski definition) is 1. The van der Waals surface area contributed by atoms with Gasteiger partial charge in [-0.1, -0.05) is 0 Å². The van der Waals surface area contributed by atoms with Crippen molar-refractivity contribution in [2.45, 2.75) is 31.0 Å². The van der Waals surface area contributed by atoms with Gasteiger partial charge >= 0.3 is 12.4 Å². The summed E-state index contributed by atoms with van der Waals surface area (Å²) >= 11 is 0. The SMILES string of the molecule is NC(CC(F)C(F)(F)F)C(F)(F)F. The first-order chi connectivity index (χ1) is 5.55. The van der Waals surface area contributed by atoms with Crippen molar-refractivity contribution in [1.82, 2.24) is 0 Å². The average Bonchev–Trinajstić information content (AvgIpc) is 1.82. The van der Waals surface area contributed by atoms with Gasteiger partial charge in [0.2, 0.25) is 0 Å². The highest BCUT2D eigenvalue weighted by molar-refractivity contribution is 4.78. The first kappa shape index (κ1) is 12.5. The second kappa shape index (κ2) is 3.69. The molecule has 8 heteroatoms. The lowest BCUT2D eigenvalue weighted by Crippen LogP contribution is -2.42. The Morgan fingerprint density at radius 2 is 1.31 bits per heavy atom. The van der Waals surface area contributed by atoms with Gasteiger partial charge in [-0.25, -0.2) is 4.39 Å². The molecule has 13 heavy (non-hydrogen) atoms. The molecule has 0 fully saturated rings. The Bertz CT molecular complexity index is 141. The molecular weight excluding hydrogens is 207 g/mol. The third kappa shape index (κ3) is 4.30. The predicted molar refractivity (Wildman–Crippen MR) is 29.6 cm³/mol. The molecule has 0 spiro atoms. The van der Waals surface area contributed by atoms with E-state index in [0.29, 0.717) is 0 Å². The maximum atomic E-state index is 12.0. The fraction of sp³-hybridized carbons (Fsp3) is 1.00. The van der Waals surface area contributed by atoms with Crippen molar-refractivity contribution >= 4 is 0 Å². The summed E-state index contributed by atoms with van der Waals surface area (Å²) in [4.78, 5) is 0. The zero-order valence-corrected chi connectivity index (χ0v) is 6.08. The quantitative estimate of drug-likeness (QED) is 0.699. The smallest absolute Gasteiger partial charge is 0.320 e. The largest absolute Gasteiger partial charge is 0.419 e. The zero-order chi connectivity index (χ0) is 10.9. The molecule has 0 aromatic carbocycles. The Balaban J connectivity index is 4.15. The van der Waals surface area contributed by atoms with Gasteiger partial charge in [-0.15, -0.1) is 0 Å². The summed E-state index contributed by atoms with van der Waals surface area (Å²) in [6.07, 6.45) is -15.6. The van der Waals surface area contributed by atoms with Gasteiger partial charge in [0.1, 0.15) is 6.04 Å². The van der Waals surface area contributed by atoms with Crippen molar-refractivity contribution in [2.75, 3.05) is 0 Å². The molecule has 80 valence electrons. The lowest BCUT2D eigenvalue weighted by Gasteiger charge is -2.19. The highest BCUT2D eigenvalue weighted by Crippen LogP contribution is 2.30. The van der Waals surface area contributed by atoms with Crippen LogP contribution in [0.15, 0.2) is 0 Å². The molecule has 0 heterocycles. The fourth-order valence-corrected chi connectivity index (χ4v) is 0.490. The predicted octanol–water partition coefficient (Wildman–Crippen LogP) is 2.17. The summed E-state index contributed by atoms with van der Waals surface area (Å²) in [7, 11) is 0. The van der Waals surface area contributed by atoms with Crippen LogP contribution in [0.4, 0.5) is 30.7 Å². The lowest BCUT2D eigenvalue weighted by atomic mass is 10.1. The highest BCUT2D eigenvalue weighted by Gasteiger charge is 2.46. The minimum Gasteiger partial charge on any atom is -0.320 e. The standard InChI is InChI=1S/C5H6F7N/c6-2(4(7,8)9)1-3(13)5(10,11)12/h2-3H,1,13H2. The molecule has 0 aromatic rings. The Labute approximate surface area is 68.7 Å². The van der Waals surface area contributed by atoms with E-state index in [9.17, 15) is 30.7 Å². The van der Waals surface area contributed by atoms with Crippen LogP contribution in [-0.2, 0) is 0 Å². The average molecular weight is 213 g/mol. The van der Waals surface area contributed by atoms with Gasteiger partial charge in [0.05, 0.1) is 0 Å². The van der Waals surface area contributed by atoms with E-state index in [1.54, 1.807) is 0 Å². The molecule has 0 saturated carbocycles. The van der Waals surface area contributed by atoms with Crippen LogP contribution in [0, 0.1) is 0 Å². The lowest BCUT2D eigenvalue weighted by molar-refractivity contribution is -0.199. The minimum atomic E-state index is -5.29. The molecule has 1 nitrogen and oxygen atoms in total. The molecule has 0 amide bonds. The number of halogens is 7. The van der Waals surface area contributed by atoms with Crippen LogP contribution >= 0.6 is 0 Å². The van der Waals surface area contributed by atoms with Crippen molar-refractivity contribution in [2.24, 2.45) is 5.73 Å². The van der Waals surface area contributed by atoms with Gasteiger partial charge in [0.15, 0.2) is 6.17 Å². The third-order valence-electron chi connectivity index (χ3n) is 1.24. The van der Waals surface area contributed by atoms with Gasteiger partial charge < -0.3 is 5.73 Å². The van der Waals surface area contributed by atoms with Crippen LogP contribution in [0.25, 0.3) is 0 Å². The van der Waals surface area contributed by atoms with Crippen LogP contribution in [0.5, 0.6) is 0 Å². The topological polar surface area (TPSA) is 26.0 Å². The van der Waals surface area contributed by atoms with Crippen molar-refractivity contribution in [3.05, 3.63) is 0 Å². The zero-order valence-electron chi connectivity index (χ0n) is 6.08. The van der Waals surface area contributed by atoms with Gasteiger partial charge in [-0.05, 0) is 0 Å². The second-order valence-corrected chi connectivity index (χ2v) is 2.39. The molecule has 0 saturated heterocycles. The molecule has 0 bridgehead atoms. The first-order valence-corrected chi connectivity index (χ1v) is 3.08. The van der Waals surface area contributed by atoms with E-state index in [1.807, 2.05) is 0 Å². The van der Waals surface area contributed by atoms with Crippen molar-refractivity contribution in [3.8, 4) is 0 Å². The molecular formula is C5H6F7N. The monoisotopic (exact) mass is 213 g/mol. The van der Waals surface area contributed by atoms with E-state index in [1.165, 1.54) is 0 Å². The van der Waals surface area contributed by atoms with E-state index >= 15 is 0 Å². The van der Waals surface area contributed by atoms with Crippen LogP contribution in [0.2, 0.25) is 0 Å². The molecule has 0 aliphatic rings. The van der Waals surface area contributed by atoms with Crippen LogP contribution in [0.3, 0.4) is 0 Å². The van der Waals surface area contributed by atoms with Gasteiger partial charge in [0, 0.05) is 6.42 Å². The van der Waals surface area contributed by atoms with Gasteiger partial charge in [0.25, 0.3) is 0 Å². The molecule has 2 N–H and O–H groups in total. The molecule has 0 rings (SSSR count). The van der Waals surface area contributed by atoms with Crippen LogP contribution < -0.4 is 5.73 Å². The highest BCUT2D eigenvalue weighted by atomic mass is 19.4. The summed E-state index contributed by atoms with van der Waals surface area (Å²) in [6.45, 7) is 0. The first-order valence-electron chi connectivity index (χ1n) is 3.08. The number of nitrogens with two attached hydrogens (primary N) is 1. The Hall–Kier alpha value is -0.530.